The maximum Gasteiger partial charge on any atom is 0.415 e. The van der Waals surface area contributed by atoms with Gasteiger partial charge in [-0.3, -0.25) is 4.90 Å². The SMILES string of the molecule is O=C1OC2(CCC(CNc3ccn(-c4ccccc4F)n3)CC2)CN1c1ccc2ncnn2c1. The van der Waals surface area contributed by atoms with Crippen LogP contribution in [0.25, 0.3) is 11.3 Å². The molecule has 1 aromatic carbocycles. The smallest absolute Gasteiger partial charge is 0.415 e. The maximum absolute atomic E-state index is 14.0. The highest BCUT2D eigenvalue weighted by atomic mass is 19.1. The van der Waals surface area contributed by atoms with Crippen LogP contribution in [0.2, 0.25) is 0 Å². The van der Waals surface area contributed by atoms with E-state index in [1.807, 2.05) is 18.2 Å². The number of benzene rings is 1. The van der Waals surface area contributed by atoms with Gasteiger partial charge in [-0.2, -0.15) is 10.2 Å². The molecule has 2 aliphatic rings. The molecule has 4 heterocycles. The molecule has 1 amide bonds. The average Bonchev–Trinajstić information content (AvgIpc) is 3.58. The lowest BCUT2D eigenvalue weighted by molar-refractivity contribution is 0.0148. The van der Waals surface area contributed by atoms with Crippen LogP contribution < -0.4 is 10.2 Å². The number of halogens is 1. The molecule has 1 aliphatic carbocycles. The summed E-state index contributed by atoms with van der Waals surface area (Å²) in [7, 11) is 0. The number of anilines is 2. The van der Waals surface area contributed by atoms with Crippen molar-refractivity contribution < 1.29 is 13.9 Å². The van der Waals surface area contributed by atoms with E-state index >= 15 is 0 Å². The second kappa shape index (κ2) is 8.12. The highest BCUT2D eigenvalue weighted by molar-refractivity contribution is 5.90. The van der Waals surface area contributed by atoms with Crippen molar-refractivity contribution in [1.82, 2.24) is 24.4 Å². The normalized spacial score (nSPS) is 22.4. The van der Waals surface area contributed by atoms with Crippen molar-refractivity contribution in [3.63, 3.8) is 0 Å². The minimum absolute atomic E-state index is 0.309. The first kappa shape index (κ1) is 20.6. The third-order valence-corrected chi connectivity index (χ3v) is 6.82. The van der Waals surface area contributed by atoms with Gasteiger partial charge in [0.25, 0.3) is 0 Å². The summed E-state index contributed by atoms with van der Waals surface area (Å²) >= 11 is 0. The van der Waals surface area contributed by atoms with Crippen molar-refractivity contribution in [3.05, 3.63) is 67.0 Å². The Hall–Kier alpha value is -3.95. The third kappa shape index (κ3) is 3.74. The number of para-hydroxylation sites is 1. The van der Waals surface area contributed by atoms with Crippen LogP contribution >= 0.6 is 0 Å². The number of carbonyl (C=O) groups is 1. The van der Waals surface area contributed by atoms with Gasteiger partial charge in [-0.1, -0.05) is 12.1 Å². The van der Waals surface area contributed by atoms with Crippen molar-refractivity contribution in [3.8, 4) is 5.69 Å². The minimum Gasteiger partial charge on any atom is -0.441 e. The van der Waals surface area contributed by atoms with Crippen LogP contribution in [-0.4, -0.2) is 49.2 Å². The summed E-state index contributed by atoms with van der Waals surface area (Å²) in [6, 6.07) is 12.1. The fourth-order valence-electron chi connectivity index (χ4n) is 4.89. The molecule has 1 saturated carbocycles. The van der Waals surface area contributed by atoms with Gasteiger partial charge in [0.1, 0.15) is 29.3 Å². The van der Waals surface area contributed by atoms with Crippen LogP contribution in [0.4, 0.5) is 20.7 Å². The Morgan fingerprint density at radius 2 is 2.00 bits per heavy atom. The fourth-order valence-corrected chi connectivity index (χ4v) is 4.89. The summed E-state index contributed by atoms with van der Waals surface area (Å²) < 4.78 is 23.1. The topological polar surface area (TPSA) is 89.6 Å². The van der Waals surface area contributed by atoms with Crippen LogP contribution in [0.15, 0.2) is 61.2 Å². The molecule has 0 radical (unpaired) electrons. The van der Waals surface area contributed by atoms with E-state index in [0.717, 1.165) is 43.6 Å². The van der Waals surface area contributed by atoms with Gasteiger partial charge in [0.2, 0.25) is 0 Å². The number of nitrogens with one attached hydrogen (secondary N) is 1. The molecule has 1 aliphatic heterocycles. The lowest BCUT2D eigenvalue weighted by atomic mass is 9.78. The highest BCUT2D eigenvalue weighted by Crippen LogP contribution is 2.40. The van der Waals surface area contributed by atoms with Crippen LogP contribution in [0, 0.1) is 11.7 Å². The first-order chi connectivity index (χ1) is 16.6. The van der Waals surface area contributed by atoms with E-state index in [9.17, 15) is 9.18 Å². The van der Waals surface area contributed by atoms with Crippen molar-refractivity contribution in [2.24, 2.45) is 5.92 Å². The van der Waals surface area contributed by atoms with Gasteiger partial charge < -0.3 is 10.1 Å². The Labute approximate surface area is 195 Å². The van der Waals surface area contributed by atoms with Gasteiger partial charge >= 0.3 is 6.09 Å². The second-order valence-corrected chi connectivity index (χ2v) is 9.01. The molecule has 2 fully saturated rings. The van der Waals surface area contributed by atoms with Crippen molar-refractivity contribution in [1.29, 1.82) is 0 Å². The van der Waals surface area contributed by atoms with Gasteiger partial charge in [-0.15, -0.1) is 0 Å². The molecular formula is C24H24FN7O2. The van der Waals surface area contributed by atoms with E-state index in [1.165, 1.54) is 17.1 Å². The zero-order valence-electron chi connectivity index (χ0n) is 18.5. The lowest BCUT2D eigenvalue weighted by Crippen LogP contribution is -2.39. The Balaban J connectivity index is 1.05. The number of hydrogen-bond acceptors (Lipinski definition) is 6. The molecule has 10 heteroatoms. The number of amides is 1. The number of carbonyl (C=O) groups excluding carboxylic acids is 1. The molecule has 9 nitrogen and oxygen atoms in total. The molecule has 174 valence electrons. The summed E-state index contributed by atoms with van der Waals surface area (Å²) in [6.45, 7) is 1.31. The molecule has 34 heavy (non-hydrogen) atoms. The molecule has 0 bridgehead atoms. The average molecular weight is 462 g/mol. The number of fused-ring (bicyclic) bond motifs is 1. The summed E-state index contributed by atoms with van der Waals surface area (Å²) in [5.41, 5.74) is 1.47. The zero-order chi connectivity index (χ0) is 23.1. The number of rotatable bonds is 5. The zero-order valence-corrected chi connectivity index (χ0v) is 18.5. The van der Waals surface area contributed by atoms with E-state index in [0.29, 0.717) is 24.0 Å². The van der Waals surface area contributed by atoms with E-state index in [-0.39, 0.29) is 11.9 Å². The summed E-state index contributed by atoms with van der Waals surface area (Å²) in [4.78, 5) is 18.5. The Bertz CT molecular complexity index is 1340. The Kier molecular flexibility index (Phi) is 4.93. The monoisotopic (exact) mass is 461 g/mol. The van der Waals surface area contributed by atoms with Gasteiger partial charge in [0.15, 0.2) is 5.65 Å². The first-order valence-electron chi connectivity index (χ1n) is 11.4. The minimum atomic E-state index is -0.447. The lowest BCUT2D eigenvalue weighted by Gasteiger charge is -2.35. The summed E-state index contributed by atoms with van der Waals surface area (Å²) in [5, 5.41) is 12.0. The van der Waals surface area contributed by atoms with Gasteiger partial charge in [-0.25, -0.2) is 23.4 Å². The molecule has 1 spiro atoms. The number of aromatic nitrogens is 5. The number of nitrogens with zero attached hydrogens (tertiary/aromatic N) is 6. The van der Waals surface area contributed by atoms with E-state index in [1.54, 1.807) is 40.0 Å². The van der Waals surface area contributed by atoms with Crippen LogP contribution in [0.5, 0.6) is 0 Å². The third-order valence-electron chi connectivity index (χ3n) is 6.82. The summed E-state index contributed by atoms with van der Waals surface area (Å²) in [5.74, 6) is 0.852. The van der Waals surface area contributed by atoms with E-state index < -0.39 is 5.60 Å². The molecule has 4 aromatic rings. The van der Waals surface area contributed by atoms with Crippen LogP contribution in [0.1, 0.15) is 25.7 Å². The standard InChI is InChI=1S/C24H24FN7O2/c25-19-3-1-2-4-20(19)31-12-9-21(29-31)26-13-17-7-10-24(11-8-17)15-30(23(33)34-24)18-5-6-22-27-16-28-32(22)14-18/h1-6,9,12,14,16-17H,7-8,10-11,13,15H2,(H,26,29). The van der Waals surface area contributed by atoms with Gasteiger partial charge in [0.05, 0.1) is 18.4 Å². The van der Waals surface area contributed by atoms with E-state index in [2.05, 4.69) is 20.5 Å². The first-order valence-corrected chi connectivity index (χ1v) is 11.4. The molecule has 0 atom stereocenters. The maximum atomic E-state index is 14.0. The molecule has 1 N–H and O–H groups in total. The Morgan fingerprint density at radius 3 is 2.85 bits per heavy atom. The molecule has 6 rings (SSSR count). The van der Waals surface area contributed by atoms with Crippen molar-refractivity contribution in [2.45, 2.75) is 31.3 Å². The molecule has 3 aromatic heterocycles. The number of pyridine rings is 1. The summed E-state index contributed by atoms with van der Waals surface area (Å²) in [6.07, 6.45) is 8.26. The van der Waals surface area contributed by atoms with Crippen molar-refractivity contribution in [2.75, 3.05) is 23.3 Å². The van der Waals surface area contributed by atoms with Gasteiger partial charge in [-0.05, 0) is 55.9 Å². The van der Waals surface area contributed by atoms with Gasteiger partial charge in [0, 0.05) is 18.8 Å². The highest BCUT2D eigenvalue weighted by Gasteiger charge is 2.47. The van der Waals surface area contributed by atoms with E-state index in [4.69, 9.17) is 4.74 Å². The predicted molar refractivity (Wildman–Crippen MR) is 124 cm³/mol. The fraction of sp³-hybridized carbons (Fsp3) is 0.333. The second-order valence-electron chi connectivity index (χ2n) is 9.01. The largest absolute Gasteiger partial charge is 0.441 e. The predicted octanol–water partition coefficient (Wildman–Crippen LogP) is 4.05. The molecule has 1 saturated heterocycles. The number of ether oxygens (including phenoxy) is 1. The molecule has 0 unspecified atom stereocenters. The number of hydrogen-bond donors (Lipinski definition) is 1. The van der Waals surface area contributed by atoms with Crippen LogP contribution in [-0.2, 0) is 4.74 Å². The Morgan fingerprint density at radius 1 is 1.15 bits per heavy atom. The molecular weight excluding hydrogens is 437 g/mol. The van der Waals surface area contributed by atoms with Crippen molar-refractivity contribution >= 4 is 23.2 Å². The quantitative estimate of drug-likeness (QED) is 0.482. The van der Waals surface area contributed by atoms with Crippen LogP contribution in [0.3, 0.4) is 0 Å².